The highest BCUT2D eigenvalue weighted by atomic mass is 17.2. The van der Waals surface area contributed by atoms with Crippen molar-refractivity contribution in [2.45, 2.75) is 20.5 Å². The van der Waals surface area contributed by atoms with Gasteiger partial charge in [-0.25, -0.2) is 9.78 Å². The van der Waals surface area contributed by atoms with Gasteiger partial charge in [-0.1, -0.05) is 26.0 Å². The molecule has 16 heavy (non-hydrogen) atoms. The number of hydrogen-bond acceptors (Lipinski definition) is 3. The molecule has 0 fully saturated rings. The molecule has 1 rings (SSSR count). The van der Waals surface area contributed by atoms with Crippen molar-refractivity contribution < 1.29 is 14.5 Å². The molecule has 1 aromatic carbocycles. The molecular formula is C13H19O3. The van der Waals surface area contributed by atoms with Gasteiger partial charge < -0.3 is 4.74 Å². The molecule has 89 valence electrons. The average molecular weight is 223 g/mol. The Labute approximate surface area is 97.3 Å². The summed E-state index contributed by atoms with van der Waals surface area (Å²) >= 11 is 0. The normalized spacial score (nSPS) is 11.5. The summed E-state index contributed by atoms with van der Waals surface area (Å²) in [6.07, 6.45) is 0. The summed E-state index contributed by atoms with van der Waals surface area (Å²) in [5.74, 6) is 0.837. The molecule has 0 aliphatic carbocycles. The minimum Gasteiger partial charge on any atom is -0.497 e. The van der Waals surface area contributed by atoms with E-state index in [1.54, 1.807) is 7.11 Å². The molecule has 1 aromatic rings. The van der Waals surface area contributed by atoms with Gasteiger partial charge in [-0.15, -0.1) is 0 Å². The molecule has 0 aliphatic heterocycles. The van der Waals surface area contributed by atoms with E-state index in [2.05, 4.69) is 6.92 Å². The molecule has 0 N–H and O–H groups in total. The highest BCUT2D eigenvalue weighted by Crippen LogP contribution is 2.14. The molecule has 0 aromatic heterocycles. The van der Waals surface area contributed by atoms with Gasteiger partial charge in [-0.3, -0.25) is 0 Å². The largest absolute Gasteiger partial charge is 0.497 e. The molecule has 0 bridgehead atoms. The third-order valence-corrected chi connectivity index (χ3v) is 1.92. The fraction of sp³-hybridized carbons (Fsp3) is 0.462. The van der Waals surface area contributed by atoms with Crippen LogP contribution in [0.4, 0.5) is 0 Å². The summed E-state index contributed by atoms with van der Waals surface area (Å²) in [5.41, 5.74) is 0.919. The van der Waals surface area contributed by atoms with E-state index in [9.17, 15) is 0 Å². The topological polar surface area (TPSA) is 27.7 Å². The second-order valence-electron chi connectivity index (χ2n) is 4.54. The van der Waals surface area contributed by atoms with Crippen molar-refractivity contribution in [3.8, 4) is 5.75 Å². The van der Waals surface area contributed by atoms with Crippen molar-refractivity contribution in [3.05, 3.63) is 36.8 Å². The predicted molar refractivity (Wildman–Crippen MR) is 62.9 cm³/mol. The van der Waals surface area contributed by atoms with E-state index in [-0.39, 0.29) is 5.41 Å². The smallest absolute Gasteiger partial charge is 0.118 e. The van der Waals surface area contributed by atoms with Crippen molar-refractivity contribution >= 4 is 0 Å². The molecule has 0 unspecified atom stereocenters. The zero-order valence-corrected chi connectivity index (χ0v) is 10.2. The molecule has 3 heteroatoms. The SMILES string of the molecule is [CH2]C(C)(C)COOCc1ccc(OC)cc1. The summed E-state index contributed by atoms with van der Waals surface area (Å²) in [6, 6.07) is 7.67. The standard InChI is InChI=1S/C13H19O3/c1-13(2,3)10-16-15-9-11-5-7-12(14-4)8-6-11/h5-8H,1,9-10H2,2-4H3. The minimum absolute atomic E-state index is 0.125. The van der Waals surface area contributed by atoms with Gasteiger partial charge in [0, 0.05) is 0 Å². The van der Waals surface area contributed by atoms with E-state index < -0.39 is 0 Å². The van der Waals surface area contributed by atoms with E-state index in [1.807, 2.05) is 38.1 Å². The van der Waals surface area contributed by atoms with Gasteiger partial charge in [0.1, 0.15) is 12.4 Å². The Morgan fingerprint density at radius 2 is 1.75 bits per heavy atom. The maximum atomic E-state index is 5.09. The third kappa shape index (κ3) is 5.14. The highest BCUT2D eigenvalue weighted by molar-refractivity contribution is 5.26. The first-order chi connectivity index (χ1) is 7.51. The van der Waals surface area contributed by atoms with Crippen LogP contribution in [0.25, 0.3) is 0 Å². The predicted octanol–water partition coefficient (Wildman–Crippen LogP) is 3.00. The van der Waals surface area contributed by atoms with Crippen LogP contribution in [0.15, 0.2) is 24.3 Å². The van der Waals surface area contributed by atoms with Gasteiger partial charge in [0.25, 0.3) is 0 Å². The van der Waals surface area contributed by atoms with Gasteiger partial charge in [0.15, 0.2) is 0 Å². The summed E-state index contributed by atoms with van der Waals surface area (Å²) in [7, 11) is 1.64. The maximum absolute atomic E-state index is 5.09. The van der Waals surface area contributed by atoms with E-state index >= 15 is 0 Å². The van der Waals surface area contributed by atoms with E-state index in [4.69, 9.17) is 14.5 Å². The minimum atomic E-state index is -0.125. The maximum Gasteiger partial charge on any atom is 0.118 e. The van der Waals surface area contributed by atoms with Gasteiger partial charge in [0.05, 0.1) is 13.7 Å². The summed E-state index contributed by atoms with van der Waals surface area (Å²) in [5, 5.41) is 0. The Hall–Kier alpha value is -1.06. The monoisotopic (exact) mass is 223 g/mol. The lowest BCUT2D eigenvalue weighted by Gasteiger charge is -2.16. The molecular weight excluding hydrogens is 204 g/mol. The van der Waals surface area contributed by atoms with Crippen LogP contribution in [0, 0.1) is 12.3 Å². The van der Waals surface area contributed by atoms with Crippen molar-refractivity contribution in [1.82, 2.24) is 0 Å². The first-order valence-electron chi connectivity index (χ1n) is 5.24. The summed E-state index contributed by atoms with van der Waals surface area (Å²) in [6.45, 7) is 8.80. The van der Waals surface area contributed by atoms with Crippen molar-refractivity contribution in [3.63, 3.8) is 0 Å². The number of rotatable bonds is 6. The summed E-state index contributed by atoms with van der Waals surface area (Å²) < 4.78 is 5.06. The lowest BCUT2D eigenvalue weighted by molar-refractivity contribution is -0.314. The number of methoxy groups -OCH3 is 1. The quantitative estimate of drug-likeness (QED) is 0.421. The molecule has 0 heterocycles. The van der Waals surface area contributed by atoms with Gasteiger partial charge in [-0.2, -0.15) is 0 Å². The Bertz CT molecular complexity index is 298. The zero-order valence-electron chi connectivity index (χ0n) is 10.2. The Kier molecular flexibility index (Phi) is 4.77. The van der Waals surface area contributed by atoms with Crippen LogP contribution < -0.4 is 4.74 Å². The van der Waals surface area contributed by atoms with Crippen LogP contribution in [0.1, 0.15) is 19.4 Å². The fourth-order valence-corrected chi connectivity index (χ4v) is 1.03. The van der Waals surface area contributed by atoms with Crippen LogP contribution in [0.3, 0.4) is 0 Å². The van der Waals surface area contributed by atoms with Crippen LogP contribution in [-0.2, 0) is 16.4 Å². The second kappa shape index (κ2) is 5.87. The van der Waals surface area contributed by atoms with Crippen LogP contribution in [0.5, 0.6) is 5.75 Å². The molecule has 0 saturated carbocycles. The number of benzene rings is 1. The van der Waals surface area contributed by atoms with Crippen molar-refractivity contribution in [1.29, 1.82) is 0 Å². The lowest BCUT2D eigenvalue weighted by atomic mass is 9.99. The van der Waals surface area contributed by atoms with Gasteiger partial charge in [-0.05, 0) is 30.0 Å². The van der Waals surface area contributed by atoms with Crippen LogP contribution in [-0.4, -0.2) is 13.7 Å². The third-order valence-electron chi connectivity index (χ3n) is 1.92. The van der Waals surface area contributed by atoms with Gasteiger partial charge in [0.2, 0.25) is 0 Å². The molecule has 0 atom stereocenters. The molecule has 0 saturated heterocycles. The first-order valence-corrected chi connectivity index (χ1v) is 5.24. The van der Waals surface area contributed by atoms with E-state index in [0.29, 0.717) is 13.2 Å². The zero-order chi connectivity index (χ0) is 12.0. The highest BCUT2D eigenvalue weighted by Gasteiger charge is 2.10. The van der Waals surface area contributed by atoms with E-state index in [1.165, 1.54) is 0 Å². The van der Waals surface area contributed by atoms with Gasteiger partial charge >= 0.3 is 0 Å². The molecule has 1 radical (unpaired) electrons. The molecule has 0 aliphatic rings. The second-order valence-corrected chi connectivity index (χ2v) is 4.54. The molecule has 0 amide bonds. The summed E-state index contributed by atoms with van der Waals surface area (Å²) in [4.78, 5) is 10.2. The Balaban J connectivity index is 2.27. The van der Waals surface area contributed by atoms with Crippen LogP contribution >= 0.6 is 0 Å². The number of ether oxygens (including phenoxy) is 1. The Morgan fingerprint density at radius 1 is 1.12 bits per heavy atom. The van der Waals surface area contributed by atoms with Crippen LogP contribution in [0.2, 0.25) is 0 Å². The fourth-order valence-electron chi connectivity index (χ4n) is 1.03. The first kappa shape index (κ1) is 13.0. The number of hydrogen-bond donors (Lipinski definition) is 0. The van der Waals surface area contributed by atoms with Crippen molar-refractivity contribution in [2.24, 2.45) is 5.41 Å². The molecule has 3 nitrogen and oxygen atoms in total. The van der Waals surface area contributed by atoms with E-state index in [0.717, 1.165) is 11.3 Å². The Morgan fingerprint density at radius 3 is 2.25 bits per heavy atom. The lowest BCUT2D eigenvalue weighted by Crippen LogP contribution is -2.15. The molecule has 0 spiro atoms. The average Bonchev–Trinajstić information content (AvgIpc) is 2.24. The van der Waals surface area contributed by atoms with Crippen molar-refractivity contribution in [2.75, 3.05) is 13.7 Å².